The first-order valence-corrected chi connectivity index (χ1v) is 9.77. The van der Waals surface area contributed by atoms with Crippen molar-refractivity contribution >= 4 is 23.5 Å². The summed E-state index contributed by atoms with van der Waals surface area (Å²) in [6, 6.07) is 5.53. The van der Waals surface area contributed by atoms with Gasteiger partial charge < -0.3 is 15.3 Å². The van der Waals surface area contributed by atoms with Crippen LogP contribution in [0.4, 0.5) is 5.69 Å². The molecule has 1 aromatic carbocycles. The molecule has 2 aliphatic rings. The minimum Gasteiger partial charge on any atom is -0.481 e. The Balaban J connectivity index is 1.67. The molecule has 6 heteroatoms. The van der Waals surface area contributed by atoms with Crippen LogP contribution < -0.4 is 5.32 Å². The van der Waals surface area contributed by atoms with E-state index in [9.17, 15) is 19.5 Å². The Bertz CT molecular complexity index is 755. The molecule has 1 atom stereocenters. The molecule has 1 aliphatic carbocycles. The van der Waals surface area contributed by atoms with Crippen molar-refractivity contribution in [3.63, 3.8) is 0 Å². The van der Waals surface area contributed by atoms with Crippen molar-refractivity contribution in [2.75, 3.05) is 11.9 Å². The molecule has 6 nitrogen and oxygen atoms in total. The average molecular weight is 372 g/mol. The van der Waals surface area contributed by atoms with Gasteiger partial charge in [-0.15, -0.1) is 0 Å². The number of likely N-dealkylation sites (tertiary alicyclic amines) is 1. The van der Waals surface area contributed by atoms with E-state index in [1.165, 1.54) is 0 Å². The van der Waals surface area contributed by atoms with Gasteiger partial charge in [0.2, 0.25) is 5.91 Å². The number of aliphatic carboxylic acids is 1. The fourth-order valence-corrected chi connectivity index (χ4v) is 4.07. The van der Waals surface area contributed by atoms with E-state index in [-0.39, 0.29) is 24.3 Å². The van der Waals surface area contributed by atoms with Crippen molar-refractivity contribution < 1.29 is 19.5 Å². The van der Waals surface area contributed by atoms with Crippen LogP contribution in [0.15, 0.2) is 18.2 Å². The number of hydrogen-bond donors (Lipinski definition) is 2. The molecule has 1 saturated carbocycles. The van der Waals surface area contributed by atoms with Crippen LogP contribution in [0.1, 0.15) is 67.8 Å². The van der Waals surface area contributed by atoms with Gasteiger partial charge in [0.1, 0.15) is 0 Å². The lowest BCUT2D eigenvalue weighted by atomic mass is 9.66. The third-order valence-electron chi connectivity index (χ3n) is 6.07. The molecule has 2 amide bonds. The van der Waals surface area contributed by atoms with Crippen LogP contribution in [0.2, 0.25) is 0 Å². The molecular formula is C21H28N2O4. The SMILES string of the molecule is Cc1cc(C(=O)N2CCCCC2C)ccc1NC(=O)CC1(C(=O)O)CCC1. The Kier molecular flexibility index (Phi) is 5.53. The number of piperidine rings is 1. The lowest BCUT2D eigenvalue weighted by Gasteiger charge is -2.37. The molecule has 2 fully saturated rings. The van der Waals surface area contributed by atoms with Gasteiger partial charge in [-0.2, -0.15) is 0 Å². The van der Waals surface area contributed by atoms with E-state index in [4.69, 9.17) is 0 Å². The Hall–Kier alpha value is -2.37. The number of anilines is 1. The number of carbonyl (C=O) groups excluding carboxylic acids is 2. The fraction of sp³-hybridized carbons (Fsp3) is 0.571. The third-order valence-corrected chi connectivity index (χ3v) is 6.07. The van der Waals surface area contributed by atoms with Crippen molar-refractivity contribution in [1.82, 2.24) is 4.90 Å². The van der Waals surface area contributed by atoms with Crippen molar-refractivity contribution in [3.8, 4) is 0 Å². The number of hydrogen-bond acceptors (Lipinski definition) is 3. The summed E-state index contributed by atoms with van der Waals surface area (Å²) in [5.41, 5.74) is 1.15. The highest BCUT2D eigenvalue weighted by atomic mass is 16.4. The zero-order valence-corrected chi connectivity index (χ0v) is 16.1. The molecule has 0 aromatic heterocycles. The summed E-state index contributed by atoms with van der Waals surface area (Å²) in [5, 5.41) is 12.2. The summed E-state index contributed by atoms with van der Waals surface area (Å²) in [5.74, 6) is -1.15. The predicted molar refractivity (Wildman–Crippen MR) is 103 cm³/mol. The van der Waals surface area contributed by atoms with Gasteiger partial charge >= 0.3 is 5.97 Å². The number of aryl methyl sites for hydroxylation is 1. The van der Waals surface area contributed by atoms with E-state index < -0.39 is 11.4 Å². The predicted octanol–water partition coefficient (Wildman–Crippen LogP) is 3.59. The van der Waals surface area contributed by atoms with Crippen LogP contribution in [0.3, 0.4) is 0 Å². The largest absolute Gasteiger partial charge is 0.481 e. The van der Waals surface area contributed by atoms with Crippen LogP contribution in [0.5, 0.6) is 0 Å². The second kappa shape index (κ2) is 7.71. The third kappa shape index (κ3) is 3.99. The second-order valence-electron chi connectivity index (χ2n) is 8.04. The molecule has 0 spiro atoms. The summed E-state index contributed by atoms with van der Waals surface area (Å²) in [4.78, 5) is 38.5. The average Bonchev–Trinajstić information content (AvgIpc) is 2.59. The molecule has 1 saturated heterocycles. The van der Waals surface area contributed by atoms with Gasteiger partial charge in [-0.05, 0) is 69.7 Å². The summed E-state index contributed by atoms with van der Waals surface area (Å²) < 4.78 is 0. The maximum absolute atomic E-state index is 12.8. The minimum atomic E-state index is -0.904. The van der Waals surface area contributed by atoms with Crippen LogP contribution in [-0.4, -0.2) is 40.4 Å². The van der Waals surface area contributed by atoms with Crippen LogP contribution >= 0.6 is 0 Å². The number of rotatable bonds is 5. The molecule has 0 bridgehead atoms. The van der Waals surface area contributed by atoms with Crippen LogP contribution in [0.25, 0.3) is 0 Å². The standard InChI is InChI=1S/C21H28N2O4/c1-14-12-16(19(25)23-11-4-3-6-15(23)2)7-8-17(14)22-18(24)13-21(20(26)27)9-5-10-21/h7-8,12,15H,3-6,9-11,13H2,1-2H3,(H,22,24)(H,26,27). The van der Waals surface area contributed by atoms with E-state index in [0.29, 0.717) is 24.1 Å². The van der Waals surface area contributed by atoms with E-state index in [0.717, 1.165) is 37.8 Å². The van der Waals surface area contributed by atoms with Gasteiger partial charge in [-0.3, -0.25) is 14.4 Å². The monoisotopic (exact) mass is 372 g/mol. The zero-order valence-electron chi connectivity index (χ0n) is 16.1. The molecule has 1 unspecified atom stereocenters. The number of nitrogens with one attached hydrogen (secondary N) is 1. The number of nitrogens with zero attached hydrogens (tertiary/aromatic N) is 1. The summed E-state index contributed by atoms with van der Waals surface area (Å²) in [6.07, 6.45) is 5.18. The maximum Gasteiger partial charge on any atom is 0.310 e. The molecule has 1 aromatic rings. The Morgan fingerprint density at radius 1 is 1.22 bits per heavy atom. The maximum atomic E-state index is 12.8. The normalized spacial score (nSPS) is 21.3. The first-order valence-electron chi connectivity index (χ1n) is 9.77. The number of carbonyl (C=O) groups is 3. The highest BCUT2D eigenvalue weighted by Crippen LogP contribution is 2.44. The van der Waals surface area contributed by atoms with Crippen LogP contribution in [-0.2, 0) is 9.59 Å². The van der Waals surface area contributed by atoms with Crippen molar-refractivity contribution in [1.29, 1.82) is 0 Å². The fourth-order valence-electron chi connectivity index (χ4n) is 4.07. The summed E-state index contributed by atoms with van der Waals surface area (Å²) >= 11 is 0. The molecule has 0 radical (unpaired) electrons. The highest BCUT2D eigenvalue weighted by Gasteiger charge is 2.45. The van der Waals surface area contributed by atoms with Gasteiger partial charge in [0, 0.05) is 30.3 Å². The van der Waals surface area contributed by atoms with E-state index in [1.54, 1.807) is 18.2 Å². The Morgan fingerprint density at radius 3 is 2.52 bits per heavy atom. The molecule has 1 aliphatic heterocycles. The highest BCUT2D eigenvalue weighted by molar-refractivity contribution is 5.98. The Labute approximate surface area is 159 Å². The van der Waals surface area contributed by atoms with Crippen molar-refractivity contribution in [3.05, 3.63) is 29.3 Å². The van der Waals surface area contributed by atoms with E-state index in [1.807, 2.05) is 11.8 Å². The smallest absolute Gasteiger partial charge is 0.310 e. The molecule has 146 valence electrons. The topological polar surface area (TPSA) is 86.7 Å². The molecule has 2 N–H and O–H groups in total. The molecule has 27 heavy (non-hydrogen) atoms. The number of amides is 2. The van der Waals surface area contributed by atoms with Gasteiger partial charge in [-0.1, -0.05) is 6.42 Å². The van der Waals surface area contributed by atoms with Gasteiger partial charge in [-0.25, -0.2) is 0 Å². The van der Waals surface area contributed by atoms with Gasteiger partial charge in [0.15, 0.2) is 0 Å². The van der Waals surface area contributed by atoms with Crippen molar-refractivity contribution in [2.24, 2.45) is 5.41 Å². The Morgan fingerprint density at radius 2 is 1.96 bits per heavy atom. The van der Waals surface area contributed by atoms with E-state index >= 15 is 0 Å². The van der Waals surface area contributed by atoms with Crippen LogP contribution in [0, 0.1) is 12.3 Å². The second-order valence-corrected chi connectivity index (χ2v) is 8.04. The van der Waals surface area contributed by atoms with Gasteiger partial charge in [0.05, 0.1) is 5.41 Å². The van der Waals surface area contributed by atoms with E-state index in [2.05, 4.69) is 12.2 Å². The quantitative estimate of drug-likeness (QED) is 0.827. The van der Waals surface area contributed by atoms with Gasteiger partial charge in [0.25, 0.3) is 5.91 Å². The van der Waals surface area contributed by atoms with Crippen molar-refractivity contribution in [2.45, 2.75) is 64.8 Å². The lowest BCUT2D eigenvalue weighted by Crippen LogP contribution is -2.42. The summed E-state index contributed by atoms with van der Waals surface area (Å²) in [7, 11) is 0. The molecular weight excluding hydrogens is 344 g/mol. The number of carboxylic acids is 1. The number of carboxylic acid groups (broad SMARTS) is 1. The first-order chi connectivity index (χ1) is 12.8. The summed E-state index contributed by atoms with van der Waals surface area (Å²) in [6.45, 7) is 4.72. The lowest BCUT2D eigenvalue weighted by molar-refractivity contribution is -0.157. The minimum absolute atomic E-state index is 0.00620. The molecule has 3 rings (SSSR count). The number of benzene rings is 1. The first kappa shape index (κ1) is 19.4. The molecule has 1 heterocycles. The zero-order chi connectivity index (χ0) is 19.6.